The number of aromatic nitrogens is 3. The summed E-state index contributed by atoms with van der Waals surface area (Å²) >= 11 is 0. The first kappa shape index (κ1) is 13.5. The van der Waals surface area contributed by atoms with Crippen molar-refractivity contribution in [2.75, 3.05) is 6.61 Å². The van der Waals surface area contributed by atoms with Crippen LogP contribution in [0.2, 0.25) is 0 Å². The third-order valence-corrected chi connectivity index (χ3v) is 3.43. The lowest BCUT2D eigenvalue weighted by Gasteiger charge is -2.02. The second kappa shape index (κ2) is 5.14. The fraction of sp³-hybridized carbons (Fsp3) is 0.200. The molecule has 0 saturated carbocycles. The molecule has 21 heavy (non-hydrogen) atoms. The van der Waals surface area contributed by atoms with E-state index in [0.29, 0.717) is 22.6 Å². The number of nitrogens with one attached hydrogen (secondary N) is 1. The largest absolute Gasteiger partial charge is 0.396 e. The number of nitrogens with zero attached hydrogens (tertiary/aromatic N) is 2. The fourth-order valence-electron chi connectivity index (χ4n) is 2.35. The molecule has 0 aliphatic heterocycles. The van der Waals surface area contributed by atoms with Gasteiger partial charge in [0.05, 0.1) is 5.69 Å². The van der Waals surface area contributed by atoms with Crippen LogP contribution in [-0.2, 0) is 6.42 Å². The Morgan fingerprint density at radius 1 is 1.33 bits per heavy atom. The van der Waals surface area contributed by atoms with Gasteiger partial charge in [-0.1, -0.05) is 0 Å². The van der Waals surface area contributed by atoms with E-state index >= 15 is 0 Å². The molecule has 0 fully saturated rings. The molecular formula is C15H14FN3O2. The third-order valence-electron chi connectivity index (χ3n) is 3.43. The Morgan fingerprint density at radius 3 is 2.71 bits per heavy atom. The molecule has 0 aliphatic rings. The number of aliphatic hydroxyl groups is 1. The van der Waals surface area contributed by atoms with Gasteiger partial charge in [0.15, 0.2) is 5.65 Å². The Bertz CT molecular complexity index is 850. The molecule has 108 valence electrons. The van der Waals surface area contributed by atoms with Gasteiger partial charge in [0, 0.05) is 30.4 Å². The molecule has 6 heteroatoms. The Kier molecular flexibility index (Phi) is 3.31. The van der Waals surface area contributed by atoms with Gasteiger partial charge in [-0.2, -0.15) is 0 Å². The Hall–Kier alpha value is -2.47. The van der Waals surface area contributed by atoms with E-state index in [9.17, 15) is 9.18 Å². The summed E-state index contributed by atoms with van der Waals surface area (Å²) in [4.78, 5) is 16.7. The highest BCUT2D eigenvalue weighted by Gasteiger charge is 2.12. The first-order valence-corrected chi connectivity index (χ1v) is 6.58. The normalized spacial score (nSPS) is 11.2. The van der Waals surface area contributed by atoms with E-state index in [-0.39, 0.29) is 24.4 Å². The highest BCUT2D eigenvalue weighted by Crippen LogP contribution is 2.19. The molecule has 2 heterocycles. The maximum atomic E-state index is 13.0. The molecule has 0 bridgehead atoms. The SMILES string of the molecule is Cc1nc2cc(-c3ccc(F)cc3)[nH]n2c(=O)c1CCO. The number of halogens is 1. The summed E-state index contributed by atoms with van der Waals surface area (Å²) in [5, 5.41) is 12.0. The van der Waals surface area contributed by atoms with E-state index in [4.69, 9.17) is 5.11 Å². The van der Waals surface area contributed by atoms with E-state index in [1.54, 1.807) is 25.1 Å². The second-order valence-electron chi connectivity index (χ2n) is 4.82. The molecule has 2 aromatic heterocycles. The first-order valence-electron chi connectivity index (χ1n) is 6.58. The van der Waals surface area contributed by atoms with Gasteiger partial charge in [-0.05, 0) is 36.8 Å². The topological polar surface area (TPSA) is 70.4 Å². The van der Waals surface area contributed by atoms with Crippen LogP contribution in [0.4, 0.5) is 4.39 Å². The number of aliphatic hydroxyl groups excluding tert-OH is 1. The summed E-state index contributed by atoms with van der Waals surface area (Å²) in [5.41, 5.74) is 2.82. The van der Waals surface area contributed by atoms with Crippen molar-refractivity contribution in [2.45, 2.75) is 13.3 Å². The van der Waals surface area contributed by atoms with E-state index in [0.717, 1.165) is 5.56 Å². The quantitative estimate of drug-likeness (QED) is 0.770. The number of H-pyrrole nitrogens is 1. The van der Waals surface area contributed by atoms with Gasteiger partial charge >= 0.3 is 0 Å². The van der Waals surface area contributed by atoms with Crippen LogP contribution in [-0.4, -0.2) is 26.3 Å². The summed E-state index contributed by atoms with van der Waals surface area (Å²) in [7, 11) is 0. The lowest BCUT2D eigenvalue weighted by Crippen LogP contribution is -2.22. The molecule has 5 nitrogen and oxygen atoms in total. The Labute approximate surface area is 119 Å². The van der Waals surface area contributed by atoms with Gasteiger partial charge in [-0.25, -0.2) is 13.9 Å². The average Bonchev–Trinajstić information content (AvgIpc) is 2.88. The van der Waals surface area contributed by atoms with E-state index in [1.165, 1.54) is 16.6 Å². The highest BCUT2D eigenvalue weighted by molar-refractivity contribution is 5.64. The third kappa shape index (κ3) is 2.34. The molecule has 3 aromatic rings. The summed E-state index contributed by atoms with van der Waals surface area (Å²) in [6.45, 7) is 1.65. The van der Waals surface area contributed by atoms with Gasteiger partial charge < -0.3 is 5.11 Å². The average molecular weight is 287 g/mol. The van der Waals surface area contributed by atoms with Crippen LogP contribution in [0.5, 0.6) is 0 Å². The lowest BCUT2D eigenvalue weighted by atomic mass is 10.1. The van der Waals surface area contributed by atoms with Crippen molar-refractivity contribution in [1.82, 2.24) is 14.6 Å². The van der Waals surface area contributed by atoms with Crippen molar-refractivity contribution < 1.29 is 9.50 Å². The molecule has 2 N–H and O–H groups in total. The molecule has 0 spiro atoms. The number of aryl methyl sites for hydroxylation is 1. The van der Waals surface area contributed by atoms with Crippen LogP contribution >= 0.6 is 0 Å². The molecule has 1 aromatic carbocycles. The predicted octanol–water partition coefficient (Wildman–Crippen LogP) is 1.67. The number of hydrogen-bond acceptors (Lipinski definition) is 3. The maximum absolute atomic E-state index is 13.0. The molecule has 0 aliphatic carbocycles. The van der Waals surface area contributed by atoms with Crippen molar-refractivity contribution in [3.05, 3.63) is 57.8 Å². The van der Waals surface area contributed by atoms with Crippen LogP contribution in [0, 0.1) is 12.7 Å². The molecule has 0 saturated heterocycles. The minimum Gasteiger partial charge on any atom is -0.396 e. The summed E-state index contributed by atoms with van der Waals surface area (Å²) in [5.74, 6) is -0.314. The van der Waals surface area contributed by atoms with Crippen LogP contribution in [0.25, 0.3) is 16.9 Å². The zero-order valence-electron chi connectivity index (χ0n) is 11.4. The van der Waals surface area contributed by atoms with Crippen molar-refractivity contribution in [3.63, 3.8) is 0 Å². The van der Waals surface area contributed by atoms with Gasteiger partial charge in [-0.3, -0.25) is 9.89 Å². The van der Waals surface area contributed by atoms with Crippen molar-refractivity contribution in [3.8, 4) is 11.3 Å². The van der Waals surface area contributed by atoms with Gasteiger partial charge in [-0.15, -0.1) is 0 Å². The van der Waals surface area contributed by atoms with E-state index < -0.39 is 0 Å². The minimum atomic E-state index is -0.314. The standard InChI is InChI=1S/C15H14FN3O2/c1-9-12(6-7-20)15(21)19-14(17-9)8-13(18-19)10-2-4-11(16)5-3-10/h2-5,8,18,20H,6-7H2,1H3. The van der Waals surface area contributed by atoms with Crippen molar-refractivity contribution in [1.29, 1.82) is 0 Å². The fourth-order valence-corrected chi connectivity index (χ4v) is 2.35. The van der Waals surface area contributed by atoms with Gasteiger partial charge in [0.1, 0.15) is 5.82 Å². The highest BCUT2D eigenvalue weighted by atomic mass is 19.1. The summed E-state index contributed by atoms with van der Waals surface area (Å²) in [6.07, 6.45) is 0.269. The molecule has 3 rings (SSSR count). The number of hydrogen-bond donors (Lipinski definition) is 2. The van der Waals surface area contributed by atoms with Crippen LogP contribution < -0.4 is 5.56 Å². The van der Waals surface area contributed by atoms with Crippen LogP contribution in [0.15, 0.2) is 35.1 Å². The smallest absolute Gasteiger partial charge is 0.276 e. The zero-order chi connectivity index (χ0) is 15.0. The Morgan fingerprint density at radius 2 is 2.05 bits per heavy atom. The van der Waals surface area contributed by atoms with Gasteiger partial charge in [0.25, 0.3) is 5.56 Å². The number of benzene rings is 1. The second-order valence-corrected chi connectivity index (χ2v) is 4.82. The van der Waals surface area contributed by atoms with Crippen LogP contribution in [0.3, 0.4) is 0 Å². The number of fused-ring (bicyclic) bond motifs is 1. The minimum absolute atomic E-state index is 0.102. The monoisotopic (exact) mass is 287 g/mol. The lowest BCUT2D eigenvalue weighted by molar-refractivity contribution is 0.298. The predicted molar refractivity (Wildman–Crippen MR) is 76.7 cm³/mol. The molecule has 0 radical (unpaired) electrons. The van der Waals surface area contributed by atoms with Gasteiger partial charge in [0.2, 0.25) is 0 Å². The van der Waals surface area contributed by atoms with E-state index in [1.807, 2.05) is 0 Å². The van der Waals surface area contributed by atoms with E-state index in [2.05, 4.69) is 10.1 Å². The van der Waals surface area contributed by atoms with Crippen LogP contribution in [0.1, 0.15) is 11.3 Å². The van der Waals surface area contributed by atoms with Crippen molar-refractivity contribution in [2.24, 2.45) is 0 Å². The van der Waals surface area contributed by atoms with Crippen molar-refractivity contribution >= 4 is 5.65 Å². The summed E-state index contributed by atoms with van der Waals surface area (Å²) in [6, 6.07) is 7.72. The Balaban J connectivity index is 2.18. The molecule has 0 unspecified atom stereocenters. The molecular weight excluding hydrogens is 273 g/mol. The molecule has 0 amide bonds. The number of aromatic amines is 1. The molecule has 0 atom stereocenters. The summed E-state index contributed by atoms with van der Waals surface area (Å²) < 4.78 is 14.3. The maximum Gasteiger partial charge on any atom is 0.276 e. The first-order chi connectivity index (χ1) is 10.1. The number of rotatable bonds is 3. The zero-order valence-corrected chi connectivity index (χ0v) is 11.4.